The van der Waals surface area contributed by atoms with E-state index in [9.17, 15) is 27.9 Å². The molecule has 0 aliphatic rings. The molecule has 11 heteroatoms. The molecular formula is C13H14BrF3N4O3. The van der Waals surface area contributed by atoms with Gasteiger partial charge in [0.05, 0.1) is 0 Å². The van der Waals surface area contributed by atoms with Crippen LogP contribution in [0.5, 0.6) is 5.88 Å². The highest BCUT2D eigenvalue weighted by Gasteiger charge is 2.30. The van der Waals surface area contributed by atoms with Crippen LogP contribution < -0.4 is 10.9 Å². The lowest BCUT2D eigenvalue weighted by molar-refractivity contribution is -0.123. The van der Waals surface area contributed by atoms with Crippen LogP contribution in [-0.2, 0) is 6.54 Å². The van der Waals surface area contributed by atoms with Crippen molar-refractivity contribution in [2.75, 3.05) is 6.54 Å². The normalized spacial score (nSPS) is 12.1. The number of carbonyl (C=O) groups excluding carboxylic acids is 1. The van der Waals surface area contributed by atoms with Gasteiger partial charge in [0, 0.05) is 12.6 Å². The molecule has 132 valence electrons. The van der Waals surface area contributed by atoms with Crippen molar-refractivity contribution < 1.29 is 23.1 Å². The average Bonchev–Trinajstić information content (AvgIpc) is 2.82. The summed E-state index contributed by atoms with van der Waals surface area (Å²) < 4.78 is 39.2. The number of aromatic hydroxyl groups is 1. The number of nitrogens with one attached hydrogen (secondary N) is 1. The minimum Gasteiger partial charge on any atom is -0.494 e. The van der Waals surface area contributed by atoms with Gasteiger partial charge in [-0.1, -0.05) is 13.8 Å². The standard InChI is InChI=1S/C13H14BrF3N4O3/c1-6(2)4-20-8-3-7(14)19-21(8)12(24)9(11(20)23)10(22)18-5-13(15,16)17/h3,6,23H,4-5H2,1-2H3,(H,18,22). The third-order valence-electron chi connectivity index (χ3n) is 3.05. The van der Waals surface area contributed by atoms with Gasteiger partial charge in [-0.15, -0.1) is 0 Å². The van der Waals surface area contributed by atoms with Crippen molar-refractivity contribution in [1.82, 2.24) is 19.5 Å². The van der Waals surface area contributed by atoms with Gasteiger partial charge in [0.1, 0.15) is 16.8 Å². The van der Waals surface area contributed by atoms with Gasteiger partial charge in [-0.05, 0) is 21.8 Å². The van der Waals surface area contributed by atoms with Crippen LogP contribution in [0.3, 0.4) is 0 Å². The third-order valence-corrected chi connectivity index (χ3v) is 3.43. The monoisotopic (exact) mass is 410 g/mol. The van der Waals surface area contributed by atoms with E-state index >= 15 is 0 Å². The molecule has 0 aromatic carbocycles. The SMILES string of the molecule is CC(C)Cn1c(O)c(C(=O)NCC(F)(F)F)c(=O)n2nc(Br)cc12. The molecule has 0 unspecified atom stereocenters. The number of carbonyl (C=O) groups is 1. The molecule has 0 radical (unpaired) electrons. The van der Waals surface area contributed by atoms with E-state index in [0.717, 1.165) is 4.52 Å². The molecule has 0 saturated carbocycles. The first-order chi connectivity index (χ1) is 11.0. The van der Waals surface area contributed by atoms with Gasteiger partial charge < -0.3 is 10.4 Å². The number of nitrogens with zero attached hydrogens (tertiary/aromatic N) is 3. The van der Waals surface area contributed by atoms with Gasteiger partial charge in [0.25, 0.3) is 11.5 Å². The van der Waals surface area contributed by atoms with Crippen LogP contribution in [0.1, 0.15) is 24.2 Å². The zero-order valence-electron chi connectivity index (χ0n) is 12.7. The van der Waals surface area contributed by atoms with Crippen LogP contribution in [0, 0.1) is 5.92 Å². The lowest BCUT2D eigenvalue weighted by Crippen LogP contribution is -2.38. The zero-order chi connectivity index (χ0) is 18.2. The number of hydrogen-bond donors (Lipinski definition) is 2. The summed E-state index contributed by atoms with van der Waals surface area (Å²) in [7, 11) is 0. The Morgan fingerprint density at radius 2 is 2.08 bits per heavy atom. The molecule has 2 aromatic heterocycles. The molecule has 0 bridgehead atoms. The average molecular weight is 411 g/mol. The summed E-state index contributed by atoms with van der Waals surface area (Å²) in [6, 6.07) is 1.46. The highest BCUT2D eigenvalue weighted by molar-refractivity contribution is 9.10. The Morgan fingerprint density at radius 1 is 1.46 bits per heavy atom. The van der Waals surface area contributed by atoms with Gasteiger partial charge in [0.2, 0.25) is 5.88 Å². The van der Waals surface area contributed by atoms with Crippen molar-refractivity contribution >= 4 is 27.5 Å². The molecule has 2 aromatic rings. The second-order valence-corrected chi connectivity index (χ2v) is 6.36. The molecule has 2 heterocycles. The fourth-order valence-electron chi connectivity index (χ4n) is 2.14. The van der Waals surface area contributed by atoms with E-state index in [-0.39, 0.29) is 22.7 Å². The molecule has 2 N–H and O–H groups in total. The van der Waals surface area contributed by atoms with Crippen LogP contribution in [0.15, 0.2) is 15.5 Å². The first kappa shape index (κ1) is 18.3. The van der Waals surface area contributed by atoms with Crippen LogP contribution in [-0.4, -0.2) is 37.9 Å². The number of amides is 1. The number of alkyl halides is 3. The summed E-state index contributed by atoms with van der Waals surface area (Å²) >= 11 is 3.09. The Balaban J connectivity index is 2.61. The molecule has 0 atom stereocenters. The largest absolute Gasteiger partial charge is 0.494 e. The fourth-order valence-corrected chi connectivity index (χ4v) is 2.51. The second kappa shape index (κ2) is 6.46. The van der Waals surface area contributed by atoms with E-state index in [0.29, 0.717) is 0 Å². The van der Waals surface area contributed by atoms with Gasteiger partial charge in [-0.2, -0.15) is 22.8 Å². The van der Waals surface area contributed by atoms with Crippen molar-refractivity contribution in [2.24, 2.45) is 5.92 Å². The van der Waals surface area contributed by atoms with Crippen molar-refractivity contribution in [3.63, 3.8) is 0 Å². The molecule has 0 aliphatic heterocycles. The van der Waals surface area contributed by atoms with E-state index in [1.54, 1.807) is 5.32 Å². The maximum Gasteiger partial charge on any atom is 0.405 e. The smallest absolute Gasteiger partial charge is 0.405 e. The summed E-state index contributed by atoms with van der Waals surface area (Å²) in [5.74, 6) is -1.99. The molecule has 0 fully saturated rings. The first-order valence-corrected chi connectivity index (χ1v) is 7.66. The van der Waals surface area contributed by atoms with Crippen LogP contribution >= 0.6 is 15.9 Å². The Morgan fingerprint density at radius 3 is 2.62 bits per heavy atom. The van der Waals surface area contributed by atoms with Gasteiger partial charge in [-0.25, -0.2) is 0 Å². The van der Waals surface area contributed by atoms with E-state index in [4.69, 9.17) is 0 Å². The second-order valence-electron chi connectivity index (χ2n) is 5.54. The Bertz CT molecular complexity index is 842. The van der Waals surface area contributed by atoms with Gasteiger partial charge in [-0.3, -0.25) is 14.2 Å². The number of halogens is 4. The highest BCUT2D eigenvalue weighted by Crippen LogP contribution is 2.22. The van der Waals surface area contributed by atoms with Crippen LogP contribution in [0.2, 0.25) is 0 Å². The van der Waals surface area contributed by atoms with E-state index in [2.05, 4.69) is 21.0 Å². The third kappa shape index (κ3) is 3.71. The van der Waals surface area contributed by atoms with Crippen molar-refractivity contribution in [3.05, 3.63) is 26.6 Å². The number of hydrogen-bond acceptors (Lipinski definition) is 4. The summed E-state index contributed by atoms with van der Waals surface area (Å²) in [4.78, 5) is 24.3. The summed E-state index contributed by atoms with van der Waals surface area (Å²) in [5, 5.41) is 15.7. The topological polar surface area (TPSA) is 88.6 Å². The number of aromatic nitrogens is 3. The Labute approximate surface area is 142 Å². The van der Waals surface area contributed by atoms with Crippen LogP contribution in [0.25, 0.3) is 5.65 Å². The number of fused-ring (bicyclic) bond motifs is 1. The first-order valence-electron chi connectivity index (χ1n) is 6.87. The highest BCUT2D eigenvalue weighted by atomic mass is 79.9. The van der Waals surface area contributed by atoms with Crippen molar-refractivity contribution in [1.29, 1.82) is 0 Å². The quantitative estimate of drug-likeness (QED) is 0.805. The molecule has 0 saturated heterocycles. The minimum absolute atomic E-state index is 0.0296. The lowest BCUT2D eigenvalue weighted by atomic mass is 10.2. The van der Waals surface area contributed by atoms with E-state index in [1.807, 2.05) is 13.8 Å². The molecular weight excluding hydrogens is 397 g/mol. The Kier molecular flexibility index (Phi) is 4.92. The van der Waals surface area contributed by atoms with Crippen molar-refractivity contribution in [3.8, 4) is 5.88 Å². The van der Waals surface area contributed by atoms with Gasteiger partial charge >= 0.3 is 6.18 Å². The predicted molar refractivity (Wildman–Crippen MR) is 82.0 cm³/mol. The fraction of sp³-hybridized carbons (Fsp3) is 0.462. The molecule has 2 rings (SSSR count). The predicted octanol–water partition coefficient (Wildman–Crippen LogP) is 1.91. The molecule has 1 amide bonds. The minimum atomic E-state index is -4.64. The van der Waals surface area contributed by atoms with E-state index < -0.39 is 35.6 Å². The van der Waals surface area contributed by atoms with Gasteiger partial charge in [0.15, 0.2) is 5.56 Å². The van der Waals surface area contributed by atoms with Crippen LogP contribution in [0.4, 0.5) is 13.2 Å². The molecule has 7 nitrogen and oxygen atoms in total. The number of rotatable bonds is 4. The summed E-state index contributed by atoms with van der Waals surface area (Å²) in [6.45, 7) is 2.29. The maximum absolute atomic E-state index is 12.3. The summed E-state index contributed by atoms with van der Waals surface area (Å²) in [5.41, 5.74) is -1.58. The Hall–Kier alpha value is -2.04. The molecule has 24 heavy (non-hydrogen) atoms. The summed E-state index contributed by atoms with van der Waals surface area (Å²) in [6.07, 6.45) is -4.64. The molecule has 0 spiro atoms. The zero-order valence-corrected chi connectivity index (χ0v) is 14.3. The maximum atomic E-state index is 12.3. The lowest BCUT2D eigenvalue weighted by Gasteiger charge is -2.16. The van der Waals surface area contributed by atoms with Crippen molar-refractivity contribution in [2.45, 2.75) is 26.6 Å². The molecule has 0 aliphatic carbocycles. The van der Waals surface area contributed by atoms with E-state index in [1.165, 1.54) is 10.6 Å².